The van der Waals surface area contributed by atoms with Crippen LogP contribution in [0, 0.1) is 11.3 Å². The smallest absolute Gasteiger partial charge is 0.0642 e. The molecule has 92 valence electrons. The zero-order chi connectivity index (χ0) is 12.8. The molecule has 0 saturated carbocycles. The van der Waals surface area contributed by atoms with E-state index in [0.717, 1.165) is 17.8 Å². The third-order valence-corrected chi connectivity index (χ3v) is 3.02. The van der Waals surface area contributed by atoms with Crippen LogP contribution in [0.15, 0.2) is 18.2 Å². The van der Waals surface area contributed by atoms with Gasteiger partial charge in [-0.3, -0.25) is 0 Å². The van der Waals surface area contributed by atoms with Gasteiger partial charge in [0.2, 0.25) is 0 Å². The number of hydrogen-bond donors (Lipinski definition) is 1. The number of nitrogens with two attached hydrogens (primary N) is 1. The molecule has 1 aromatic rings. The third-order valence-electron chi connectivity index (χ3n) is 2.71. The Hall–Kier alpha value is -1.24. The largest absolute Gasteiger partial charge is 0.370 e. The highest BCUT2D eigenvalue weighted by Gasteiger charge is 2.10. The first-order valence-electron chi connectivity index (χ1n) is 5.77. The molecule has 17 heavy (non-hydrogen) atoms. The Balaban J connectivity index is 2.93. The number of halogens is 1. The minimum absolute atomic E-state index is 0.0178. The van der Waals surface area contributed by atoms with Crippen LogP contribution >= 0.6 is 11.6 Å². The lowest BCUT2D eigenvalue weighted by atomic mass is 10.1. The molecular formula is C13H18ClN3. The SMILES string of the molecule is CCN(CCC#N)c1ccc([C@@H](C)N)cc1Cl. The van der Waals surface area contributed by atoms with Gasteiger partial charge in [0.15, 0.2) is 0 Å². The van der Waals surface area contributed by atoms with Gasteiger partial charge in [0.1, 0.15) is 0 Å². The highest BCUT2D eigenvalue weighted by Crippen LogP contribution is 2.28. The molecule has 1 rings (SSSR count). The maximum Gasteiger partial charge on any atom is 0.0642 e. The molecule has 0 heterocycles. The molecule has 0 aliphatic carbocycles. The molecule has 2 N–H and O–H groups in total. The highest BCUT2D eigenvalue weighted by molar-refractivity contribution is 6.33. The Morgan fingerprint density at radius 2 is 2.24 bits per heavy atom. The lowest BCUT2D eigenvalue weighted by Gasteiger charge is -2.23. The zero-order valence-corrected chi connectivity index (χ0v) is 11.0. The first-order chi connectivity index (χ1) is 8.10. The van der Waals surface area contributed by atoms with Crippen LogP contribution < -0.4 is 10.6 Å². The van der Waals surface area contributed by atoms with Crippen LogP contribution in [-0.4, -0.2) is 13.1 Å². The quantitative estimate of drug-likeness (QED) is 0.875. The number of benzene rings is 1. The van der Waals surface area contributed by atoms with E-state index in [1.807, 2.05) is 32.0 Å². The highest BCUT2D eigenvalue weighted by atomic mass is 35.5. The van der Waals surface area contributed by atoms with E-state index in [-0.39, 0.29) is 6.04 Å². The number of hydrogen-bond acceptors (Lipinski definition) is 3. The summed E-state index contributed by atoms with van der Waals surface area (Å²) in [5.41, 5.74) is 7.80. The van der Waals surface area contributed by atoms with Crippen LogP contribution in [0.5, 0.6) is 0 Å². The molecule has 0 unspecified atom stereocenters. The van der Waals surface area contributed by atoms with Crippen molar-refractivity contribution in [2.24, 2.45) is 5.73 Å². The lowest BCUT2D eigenvalue weighted by Crippen LogP contribution is -2.24. The summed E-state index contributed by atoms with van der Waals surface area (Å²) < 4.78 is 0. The van der Waals surface area contributed by atoms with Crippen molar-refractivity contribution in [1.29, 1.82) is 5.26 Å². The van der Waals surface area contributed by atoms with Crippen LogP contribution in [0.1, 0.15) is 31.9 Å². The van der Waals surface area contributed by atoms with Crippen molar-refractivity contribution in [3.8, 4) is 6.07 Å². The van der Waals surface area contributed by atoms with Crippen LogP contribution in [0.3, 0.4) is 0 Å². The minimum atomic E-state index is -0.0178. The average molecular weight is 252 g/mol. The summed E-state index contributed by atoms with van der Waals surface area (Å²) in [7, 11) is 0. The molecule has 0 aliphatic rings. The normalized spacial score (nSPS) is 11.9. The Bertz CT molecular complexity index is 410. The number of nitrogens with zero attached hydrogens (tertiary/aromatic N) is 2. The molecule has 1 atom stereocenters. The van der Waals surface area contributed by atoms with Crippen LogP contribution in [0.4, 0.5) is 5.69 Å². The second-order valence-corrected chi connectivity index (χ2v) is 4.39. The molecule has 0 fully saturated rings. The summed E-state index contributed by atoms with van der Waals surface area (Å²) >= 11 is 6.25. The standard InChI is InChI=1S/C13H18ClN3/c1-3-17(8-4-7-15)13-6-5-11(10(2)16)9-12(13)14/h5-6,9-10H,3-4,8,16H2,1-2H3/t10-/m1/s1. The van der Waals surface area contributed by atoms with Crippen LogP contribution in [0.25, 0.3) is 0 Å². The Morgan fingerprint density at radius 3 is 2.71 bits per heavy atom. The second kappa shape index (κ2) is 6.48. The second-order valence-electron chi connectivity index (χ2n) is 3.99. The fourth-order valence-electron chi connectivity index (χ4n) is 1.70. The van der Waals surface area contributed by atoms with E-state index in [4.69, 9.17) is 22.6 Å². The van der Waals surface area contributed by atoms with E-state index in [2.05, 4.69) is 11.0 Å². The van der Waals surface area contributed by atoms with Gasteiger partial charge in [-0.25, -0.2) is 0 Å². The Labute approximate surface area is 108 Å². The lowest BCUT2D eigenvalue weighted by molar-refractivity contribution is 0.810. The monoisotopic (exact) mass is 251 g/mol. The summed E-state index contributed by atoms with van der Waals surface area (Å²) in [5, 5.41) is 9.31. The van der Waals surface area contributed by atoms with E-state index in [1.54, 1.807) is 0 Å². The van der Waals surface area contributed by atoms with E-state index in [1.165, 1.54) is 0 Å². The van der Waals surface area contributed by atoms with Crippen molar-refractivity contribution >= 4 is 17.3 Å². The van der Waals surface area contributed by atoms with E-state index >= 15 is 0 Å². The number of rotatable bonds is 5. The summed E-state index contributed by atoms with van der Waals surface area (Å²) in [6.07, 6.45) is 0.499. The van der Waals surface area contributed by atoms with E-state index in [0.29, 0.717) is 18.0 Å². The summed E-state index contributed by atoms with van der Waals surface area (Å²) in [6.45, 7) is 5.51. The molecule has 0 aromatic heterocycles. The van der Waals surface area contributed by atoms with Gasteiger partial charge >= 0.3 is 0 Å². The predicted octanol–water partition coefficient (Wildman–Crippen LogP) is 3.10. The molecule has 0 amide bonds. The molecule has 0 spiro atoms. The summed E-state index contributed by atoms with van der Waals surface area (Å²) in [4.78, 5) is 2.09. The van der Waals surface area contributed by atoms with Gasteiger partial charge in [-0.05, 0) is 31.5 Å². The molecule has 1 aromatic carbocycles. The van der Waals surface area contributed by atoms with E-state index in [9.17, 15) is 0 Å². The average Bonchev–Trinajstić information content (AvgIpc) is 2.31. The first-order valence-corrected chi connectivity index (χ1v) is 6.14. The number of nitriles is 1. The Morgan fingerprint density at radius 1 is 1.53 bits per heavy atom. The van der Waals surface area contributed by atoms with Gasteiger partial charge in [0, 0.05) is 19.1 Å². The van der Waals surface area contributed by atoms with Gasteiger partial charge in [-0.15, -0.1) is 0 Å². The molecule has 0 radical (unpaired) electrons. The molecule has 0 bridgehead atoms. The maximum atomic E-state index is 8.62. The minimum Gasteiger partial charge on any atom is -0.370 e. The van der Waals surface area contributed by atoms with Gasteiger partial charge in [0.25, 0.3) is 0 Å². The fourth-order valence-corrected chi connectivity index (χ4v) is 2.01. The van der Waals surface area contributed by atoms with E-state index < -0.39 is 0 Å². The van der Waals surface area contributed by atoms with Crippen molar-refractivity contribution in [3.63, 3.8) is 0 Å². The molecule has 3 nitrogen and oxygen atoms in total. The summed E-state index contributed by atoms with van der Waals surface area (Å²) in [6, 6.07) is 7.99. The molecule has 4 heteroatoms. The molecular weight excluding hydrogens is 234 g/mol. The molecule has 0 aliphatic heterocycles. The van der Waals surface area contributed by atoms with Gasteiger partial charge < -0.3 is 10.6 Å². The van der Waals surface area contributed by atoms with Gasteiger partial charge in [-0.1, -0.05) is 17.7 Å². The van der Waals surface area contributed by atoms with Crippen LogP contribution in [0.2, 0.25) is 5.02 Å². The summed E-state index contributed by atoms with van der Waals surface area (Å²) in [5.74, 6) is 0. The zero-order valence-electron chi connectivity index (χ0n) is 10.3. The Kier molecular flexibility index (Phi) is 5.27. The predicted molar refractivity (Wildman–Crippen MR) is 72.2 cm³/mol. The van der Waals surface area contributed by atoms with Gasteiger partial charge in [-0.2, -0.15) is 5.26 Å². The van der Waals surface area contributed by atoms with Crippen molar-refractivity contribution in [3.05, 3.63) is 28.8 Å². The van der Waals surface area contributed by atoms with Gasteiger partial charge in [0.05, 0.1) is 23.2 Å². The van der Waals surface area contributed by atoms with Crippen LogP contribution in [-0.2, 0) is 0 Å². The molecule has 0 saturated heterocycles. The fraction of sp³-hybridized carbons (Fsp3) is 0.462. The van der Waals surface area contributed by atoms with Crippen molar-refractivity contribution in [2.75, 3.05) is 18.0 Å². The number of anilines is 1. The third kappa shape index (κ3) is 3.62. The maximum absolute atomic E-state index is 8.62. The van der Waals surface area contributed by atoms with Crippen molar-refractivity contribution in [2.45, 2.75) is 26.3 Å². The van der Waals surface area contributed by atoms with Crippen molar-refractivity contribution < 1.29 is 0 Å². The topological polar surface area (TPSA) is 53.0 Å². The first kappa shape index (κ1) is 13.8. The van der Waals surface area contributed by atoms with Crippen molar-refractivity contribution in [1.82, 2.24) is 0 Å².